The Kier molecular flexibility index (Phi) is 6.49. The van der Waals surface area contributed by atoms with Crippen molar-refractivity contribution in [3.63, 3.8) is 0 Å². The molecule has 0 aliphatic rings. The molecule has 0 amide bonds. The fourth-order valence-electron chi connectivity index (χ4n) is 3.77. The molecule has 0 saturated carbocycles. The van der Waals surface area contributed by atoms with Crippen LogP contribution in [0, 0.1) is 0 Å². The Morgan fingerprint density at radius 2 is 0.767 bits per heavy atom. The Labute approximate surface area is 184 Å². The second-order valence-electron chi connectivity index (χ2n) is 7.27. The Morgan fingerprint density at radius 3 is 1.10 bits per heavy atom. The molecule has 0 aromatic heterocycles. The number of hydrogen-bond acceptors (Lipinski definition) is 2. The third-order valence-corrected chi connectivity index (χ3v) is 13.8. The first-order valence-electron chi connectivity index (χ1n) is 10.0. The molecule has 0 atom stereocenters. The third kappa shape index (κ3) is 4.28. The zero-order valence-corrected chi connectivity index (χ0v) is 19.3. The van der Waals surface area contributed by atoms with E-state index in [0.717, 1.165) is 16.8 Å². The molecule has 0 bridgehead atoms. The monoisotopic (exact) mass is 446 g/mol. The van der Waals surface area contributed by atoms with Crippen molar-refractivity contribution in [2.24, 2.45) is 0 Å². The van der Waals surface area contributed by atoms with Gasteiger partial charge in [-0.1, -0.05) is 133 Å². The van der Waals surface area contributed by atoms with Gasteiger partial charge in [0.05, 0.1) is 0 Å². The molecule has 1 nitrogen and oxygen atoms in total. The molecule has 150 valence electrons. The van der Waals surface area contributed by atoms with Crippen molar-refractivity contribution >= 4 is 46.2 Å². The minimum absolute atomic E-state index is 0.558. The van der Waals surface area contributed by atoms with E-state index in [4.69, 9.17) is 11.8 Å². The summed E-state index contributed by atoms with van der Waals surface area (Å²) in [6.45, 7) is 0. The molecule has 0 radical (unpaired) electrons. The highest BCUT2D eigenvalue weighted by Gasteiger charge is 2.31. The molecular formula is C26H24OP2S. The molecule has 0 saturated heterocycles. The second-order valence-corrected chi connectivity index (χ2v) is 15.1. The summed E-state index contributed by atoms with van der Waals surface area (Å²) in [4.78, 5) is 0. The third-order valence-electron chi connectivity index (χ3n) is 5.42. The van der Waals surface area contributed by atoms with Crippen molar-refractivity contribution in [3.8, 4) is 0 Å². The first-order valence-corrected chi connectivity index (χ1v) is 14.9. The first kappa shape index (κ1) is 21.0. The Balaban J connectivity index is 1.78. The van der Waals surface area contributed by atoms with Crippen molar-refractivity contribution in [3.05, 3.63) is 121 Å². The lowest BCUT2D eigenvalue weighted by Gasteiger charge is -2.27. The number of rotatable bonds is 7. The lowest BCUT2D eigenvalue weighted by atomic mass is 10.4. The van der Waals surface area contributed by atoms with Crippen LogP contribution in [0.1, 0.15) is 0 Å². The molecule has 4 aromatic carbocycles. The SMILES string of the molecule is O=P(CCP(=S)(c1ccccc1)c1ccccc1)(c1ccccc1)c1ccccc1. The summed E-state index contributed by atoms with van der Waals surface area (Å²) < 4.78 is 14.5. The minimum atomic E-state index is -2.80. The summed E-state index contributed by atoms with van der Waals surface area (Å²) in [7, 11) is -2.80. The average Bonchev–Trinajstić information content (AvgIpc) is 2.84. The predicted octanol–water partition coefficient (Wildman–Crippen LogP) is 5.13. The highest BCUT2D eigenvalue weighted by Crippen LogP contribution is 2.51. The maximum Gasteiger partial charge on any atom is 0.143 e. The summed E-state index contributed by atoms with van der Waals surface area (Å²) in [5.74, 6) is 0. The van der Waals surface area contributed by atoms with E-state index in [0.29, 0.717) is 6.16 Å². The molecule has 0 fully saturated rings. The van der Waals surface area contributed by atoms with Crippen molar-refractivity contribution in [1.82, 2.24) is 0 Å². The molecule has 0 unspecified atom stereocenters. The van der Waals surface area contributed by atoms with Crippen LogP contribution in [0.3, 0.4) is 0 Å². The molecule has 0 spiro atoms. The Hall–Kier alpha value is -2.24. The van der Waals surface area contributed by atoms with E-state index in [1.54, 1.807) is 0 Å². The van der Waals surface area contributed by atoms with Crippen LogP contribution in [0.2, 0.25) is 0 Å². The largest absolute Gasteiger partial charge is 0.314 e. The van der Waals surface area contributed by atoms with Gasteiger partial charge in [0.1, 0.15) is 7.14 Å². The van der Waals surface area contributed by atoms with Crippen LogP contribution in [-0.2, 0) is 16.4 Å². The van der Waals surface area contributed by atoms with Crippen molar-refractivity contribution in [1.29, 1.82) is 0 Å². The topological polar surface area (TPSA) is 17.1 Å². The van der Waals surface area contributed by atoms with E-state index in [9.17, 15) is 4.57 Å². The Bertz CT molecular complexity index is 993. The van der Waals surface area contributed by atoms with E-state index in [2.05, 4.69) is 24.3 Å². The maximum absolute atomic E-state index is 14.5. The molecule has 0 heterocycles. The van der Waals surface area contributed by atoms with Gasteiger partial charge in [-0.15, -0.1) is 0 Å². The molecule has 30 heavy (non-hydrogen) atoms. The van der Waals surface area contributed by atoms with Crippen LogP contribution in [0.15, 0.2) is 121 Å². The van der Waals surface area contributed by atoms with Gasteiger partial charge in [0.25, 0.3) is 0 Å². The molecule has 0 N–H and O–H groups in total. The second kappa shape index (κ2) is 9.27. The smallest absolute Gasteiger partial charge is 0.143 e. The Morgan fingerprint density at radius 1 is 0.467 bits per heavy atom. The van der Waals surface area contributed by atoms with Gasteiger partial charge >= 0.3 is 0 Å². The van der Waals surface area contributed by atoms with Crippen LogP contribution in [0.4, 0.5) is 0 Å². The standard InChI is InChI=1S/C26H24OP2S/c27-28(23-13-5-1-6-14-23,24-15-7-2-8-16-24)21-22-29(30,25-17-9-3-10-18-25)26-19-11-4-12-20-26/h1-20H,21-22H2. The van der Waals surface area contributed by atoms with Gasteiger partial charge in [0.15, 0.2) is 0 Å². The zero-order valence-electron chi connectivity index (χ0n) is 16.7. The number of hydrogen-bond donors (Lipinski definition) is 0. The highest BCUT2D eigenvalue weighted by molar-refractivity contribution is 8.22. The van der Waals surface area contributed by atoms with E-state index in [-0.39, 0.29) is 0 Å². The molecule has 0 aliphatic heterocycles. The normalized spacial score (nSPS) is 11.9. The molecular weight excluding hydrogens is 422 g/mol. The zero-order chi connectivity index (χ0) is 20.9. The number of benzene rings is 4. The summed E-state index contributed by atoms with van der Waals surface area (Å²) >= 11 is 6.39. The van der Waals surface area contributed by atoms with Gasteiger partial charge < -0.3 is 4.57 Å². The van der Waals surface area contributed by atoms with E-state index >= 15 is 0 Å². The van der Waals surface area contributed by atoms with Crippen LogP contribution in [0.5, 0.6) is 0 Å². The van der Waals surface area contributed by atoms with E-state index in [1.807, 2.05) is 97.1 Å². The lowest BCUT2D eigenvalue weighted by molar-refractivity contribution is 0.588. The van der Waals surface area contributed by atoms with Crippen LogP contribution in [-0.4, -0.2) is 12.3 Å². The lowest BCUT2D eigenvalue weighted by Crippen LogP contribution is -2.24. The summed E-state index contributed by atoms with van der Waals surface area (Å²) in [6.07, 6.45) is 1.28. The molecule has 4 heteroatoms. The van der Waals surface area contributed by atoms with Crippen LogP contribution >= 0.6 is 13.2 Å². The quantitative estimate of drug-likeness (QED) is 0.366. The van der Waals surface area contributed by atoms with Crippen molar-refractivity contribution < 1.29 is 4.57 Å². The van der Waals surface area contributed by atoms with Gasteiger partial charge in [-0.3, -0.25) is 0 Å². The molecule has 4 rings (SSSR count). The van der Waals surface area contributed by atoms with Crippen LogP contribution in [0.25, 0.3) is 0 Å². The first-order chi connectivity index (χ1) is 14.6. The average molecular weight is 446 g/mol. The minimum Gasteiger partial charge on any atom is -0.314 e. The fourth-order valence-corrected chi connectivity index (χ4v) is 11.7. The van der Waals surface area contributed by atoms with E-state index < -0.39 is 13.2 Å². The summed E-state index contributed by atoms with van der Waals surface area (Å²) in [5.41, 5.74) is 0. The maximum atomic E-state index is 14.5. The summed E-state index contributed by atoms with van der Waals surface area (Å²) in [5, 5.41) is 4.16. The fraction of sp³-hybridized carbons (Fsp3) is 0.0769. The predicted molar refractivity (Wildman–Crippen MR) is 136 cm³/mol. The van der Waals surface area contributed by atoms with Gasteiger partial charge in [-0.05, 0) is 16.8 Å². The van der Waals surface area contributed by atoms with Crippen molar-refractivity contribution in [2.45, 2.75) is 0 Å². The van der Waals surface area contributed by atoms with Crippen molar-refractivity contribution in [2.75, 3.05) is 12.3 Å². The van der Waals surface area contributed by atoms with Gasteiger partial charge in [-0.25, -0.2) is 0 Å². The van der Waals surface area contributed by atoms with Gasteiger partial charge in [0.2, 0.25) is 0 Å². The molecule has 4 aromatic rings. The summed E-state index contributed by atoms with van der Waals surface area (Å²) in [6, 6.07) is 38.4. The van der Waals surface area contributed by atoms with E-state index in [1.165, 1.54) is 10.6 Å². The van der Waals surface area contributed by atoms with Crippen LogP contribution < -0.4 is 21.2 Å². The van der Waals surface area contributed by atoms with Gasteiger partial charge in [0, 0.05) is 22.8 Å². The highest BCUT2D eigenvalue weighted by atomic mass is 32.4. The molecule has 0 aliphatic carbocycles. The van der Waals surface area contributed by atoms with Gasteiger partial charge in [-0.2, -0.15) is 0 Å².